The van der Waals surface area contributed by atoms with Crippen LogP contribution in [-0.2, 0) is 9.53 Å². The molecule has 0 N–H and O–H groups in total. The summed E-state index contributed by atoms with van der Waals surface area (Å²) < 4.78 is 4.86. The predicted octanol–water partition coefficient (Wildman–Crippen LogP) is -0.525. The van der Waals surface area contributed by atoms with E-state index in [4.69, 9.17) is 4.74 Å². The first-order valence-corrected chi connectivity index (χ1v) is 2.62. The Labute approximate surface area is 48.2 Å². The van der Waals surface area contributed by atoms with Gasteiger partial charge in [-0.1, -0.05) is 0 Å². The van der Waals surface area contributed by atoms with Crippen molar-refractivity contribution in [3.05, 3.63) is 0 Å². The Balaban J connectivity index is 2.39. The maximum atomic E-state index is 10.6. The lowest BCUT2D eigenvalue weighted by Gasteiger charge is -2.21. The summed E-state index contributed by atoms with van der Waals surface area (Å²) in [4.78, 5) is 12.3. The minimum atomic E-state index is 0.0799. The molecule has 0 saturated carbocycles. The molecule has 0 aromatic heterocycles. The summed E-state index contributed by atoms with van der Waals surface area (Å²) in [5, 5.41) is 0. The number of rotatable bonds is 0. The molecular formula is C5H9NO2. The Bertz CT molecular complexity index is 103. The lowest BCUT2D eigenvalue weighted by molar-refractivity contribution is -0.140. The van der Waals surface area contributed by atoms with Crippen molar-refractivity contribution in [2.45, 2.75) is 0 Å². The molecule has 1 heterocycles. The second-order valence-corrected chi connectivity index (χ2v) is 1.87. The average Bonchev–Trinajstić information content (AvgIpc) is 1.77. The fourth-order valence-corrected chi connectivity index (χ4v) is 0.596. The van der Waals surface area contributed by atoms with E-state index in [0.29, 0.717) is 6.61 Å². The SMILES string of the molecule is CN1CCOCC1=O. The van der Waals surface area contributed by atoms with E-state index in [2.05, 4.69) is 0 Å². The van der Waals surface area contributed by atoms with E-state index in [1.807, 2.05) is 0 Å². The highest BCUT2D eigenvalue weighted by atomic mass is 16.5. The summed E-state index contributed by atoms with van der Waals surface area (Å²) in [7, 11) is 1.78. The molecule has 0 bridgehead atoms. The zero-order valence-electron chi connectivity index (χ0n) is 4.89. The molecule has 1 amide bonds. The molecule has 0 spiro atoms. The van der Waals surface area contributed by atoms with Gasteiger partial charge < -0.3 is 9.64 Å². The van der Waals surface area contributed by atoms with E-state index in [1.54, 1.807) is 11.9 Å². The van der Waals surface area contributed by atoms with Gasteiger partial charge in [0, 0.05) is 13.6 Å². The first-order chi connectivity index (χ1) is 3.80. The first kappa shape index (κ1) is 5.56. The number of carbonyl (C=O) groups excluding carboxylic acids is 1. The molecule has 0 atom stereocenters. The zero-order valence-corrected chi connectivity index (χ0v) is 4.89. The van der Waals surface area contributed by atoms with Crippen molar-refractivity contribution in [3.8, 4) is 0 Å². The summed E-state index contributed by atoms with van der Waals surface area (Å²) in [6.07, 6.45) is 0. The minimum absolute atomic E-state index is 0.0799. The van der Waals surface area contributed by atoms with Crippen LogP contribution in [0.25, 0.3) is 0 Å². The molecule has 1 saturated heterocycles. The number of amides is 1. The third kappa shape index (κ3) is 0.980. The number of morpholine rings is 1. The van der Waals surface area contributed by atoms with Crippen molar-refractivity contribution in [3.63, 3.8) is 0 Å². The molecule has 0 unspecified atom stereocenters. The number of carbonyl (C=O) groups is 1. The van der Waals surface area contributed by atoms with E-state index in [1.165, 1.54) is 0 Å². The first-order valence-electron chi connectivity index (χ1n) is 2.62. The van der Waals surface area contributed by atoms with Gasteiger partial charge in [0.1, 0.15) is 6.61 Å². The maximum absolute atomic E-state index is 10.6. The van der Waals surface area contributed by atoms with Gasteiger partial charge in [-0.15, -0.1) is 0 Å². The van der Waals surface area contributed by atoms with Gasteiger partial charge in [-0.25, -0.2) is 0 Å². The maximum Gasteiger partial charge on any atom is 0.248 e. The number of ether oxygens (including phenoxy) is 1. The minimum Gasteiger partial charge on any atom is -0.370 e. The smallest absolute Gasteiger partial charge is 0.248 e. The van der Waals surface area contributed by atoms with E-state index in [0.717, 1.165) is 6.54 Å². The van der Waals surface area contributed by atoms with Gasteiger partial charge in [-0.3, -0.25) is 4.79 Å². The predicted molar refractivity (Wildman–Crippen MR) is 28.5 cm³/mol. The van der Waals surface area contributed by atoms with Crippen molar-refractivity contribution in [1.29, 1.82) is 0 Å². The van der Waals surface area contributed by atoms with Gasteiger partial charge in [0.05, 0.1) is 6.61 Å². The van der Waals surface area contributed by atoms with Gasteiger partial charge in [0.25, 0.3) is 0 Å². The summed E-state index contributed by atoms with van der Waals surface area (Å²) in [6, 6.07) is 0. The van der Waals surface area contributed by atoms with Gasteiger partial charge >= 0.3 is 0 Å². The van der Waals surface area contributed by atoms with Crippen molar-refractivity contribution in [1.82, 2.24) is 4.90 Å². The van der Waals surface area contributed by atoms with Crippen LogP contribution in [0.15, 0.2) is 0 Å². The second kappa shape index (κ2) is 2.13. The Morgan fingerprint density at radius 1 is 1.75 bits per heavy atom. The van der Waals surface area contributed by atoms with Gasteiger partial charge in [0.2, 0.25) is 5.91 Å². The van der Waals surface area contributed by atoms with Crippen LogP contribution >= 0.6 is 0 Å². The molecule has 1 fully saturated rings. The molecule has 46 valence electrons. The fraction of sp³-hybridized carbons (Fsp3) is 0.800. The van der Waals surface area contributed by atoms with Gasteiger partial charge in [-0.05, 0) is 0 Å². The van der Waals surface area contributed by atoms with E-state index < -0.39 is 0 Å². The van der Waals surface area contributed by atoms with Crippen LogP contribution in [0.2, 0.25) is 0 Å². The molecule has 0 radical (unpaired) electrons. The van der Waals surface area contributed by atoms with E-state index in [-0.39, 0.29) is 12.5 Å². The standard InChI is InChI=1S/C5H9NO2/c1-6-2-3-8-4-5(6)7/h2-4H2,1H3. The summed E-state index contributed by atoms with van der Waals surface area (Å²) in [5.74, 6) is 0.0799. The molecule has 0 aromatic carbocycles. The molecule has 1 aliphatic rings. The Kier molecular flexibility index (Phi) is 1.48. The highest BCUT2D eigenvalue weighted by Gasteiger charge is 2.12. The molecule has 0 aliphatic carbocycles. The highest BCUT2D eigenvalue weighted by Crippen LogP contribution is 1.92. The number of hydrogen-bond donors (Lipinski definition) is 0. The fourth-order valence-electron chi connectivity index (χ4n) is 0.596. The molecule has 8 heavy (non-hydrogen) atoms. The monoisotopic (exact) mass is 115 g/mol. The number of hydrogen-bond acceptors (Lipinski definition) is 2. The number of likely N-dealkylation sites (N-methyl/N-ethyl adjacent to an activating group) is 1. The summed E-state index contributed by atoms with van der Waals surface area (Å²) in [6.45, 7) is 1.68. The quantitative estimate of drug-likeness (QED) is 0.425. The van der Waals surface area contributed by atoms with Crippen LogP contribution < -0.4 is 0 Å². The van der Waals surface area contributed by atoms with Crippen LogP contribution in [0.3, 0.4) is 0 Å². The Morgan fingerprint density at radius 2 is 2.50 bits per heavy atom. The largest absolute Gasteiger partial charge is 0.370 e. The summed E-state index contributed by atoms with van der Waals surface area (Å²) >= 11 is 0. The Morgan fingerprint density at radius 3 is 2.88 bits per heavy atom. The molecular weight excluding hydrogens is 106 g/mol. The van der Waals surface area contributed by atoms with Crippen LogP contribution in [0.5, 0.6) is 0 Å². The van der Waals surface area contributed by atoms with Gasteiger partial charge in [0.15, 0.2) is 0 Å². The topological polar surface area (TPSA) is 29.5 Å². The van der Waals surface area contributed by atoms with Crippen LogP contribution in [0.1, 0.15) is 0 Å². The zero-order chi connectivity index (χ0) is 5.98. The van der Waals surface area contributed by atoms with Crippen LogP contribution in [-0.4, -0.2) is 37.6 Å². The highest BCUT2D eigenvalue weighted by molar-refractivity contribution is 5.77. The Hall–Kier alpha value is -0.570. The molecule has 1 rings (SSSR count). The number of nitrogens with zero attached hydrogens (tertiary/aromatic N) is 1. The van der Waals surface area contributed by atoms with Crippen molar-refractivity contribution >= 4 is 5.91 Å². The summed E-state index contributed by atoms with van der Waals surface area (Å²) in [5.41, 5.74) is 0. The van der Waals surface area contributed by atoms with Gasteiger partial charge in [-0.2, -0.15) is 0 Å². The third-order valence-corrected chi connectivity index (χ3v) is 1.22. The molecule has 1 aliphatic heterocycles. The lowest BCUT2D eigenvalue weighted by Crippen LogP contribution is -2.38. The molecule has 3 nitrogen and oxygen atoms in total. The van der Waals surface area contributed by atoms with Crippen LogP contribution in [0, 0.1) is 0 Å². The van der Waals surface area contributed by atoms with Crippen molar-refractivity contribution in [2.24, 2.45) is 0 Å². The van der Waals surface area contributed by atoms with E-state index >= 15 is 0 Å². The average molecular weight is 115 g/mol. The second-order valence-electron chi connectivity index (χ2n) is 1.87. The van der Waals surface area contributed by atoms with Crippen molar-refractivity contribution < 1.29 is 9.53 Å². The van der Waals surface area contributed by atoms with Crippen molar-refractivity contribution in [2.75, 3.05) is 26.8 Å². The normalized spacial score (nSPS) is 21.6. The lowest BCUT2D eigenvalue weighted by atomic mass is 10.4. The molecule has 3 heteroatoms. The van der Waals surface area contributed by atoms with Crippen LogP contribution in [0.4, 0.5) is 0 Å². The molecule has 0 aromatic rings. The third-order valence-electron chi connectivity index (χ3n) is 1.22. The van der Waals surface area contributed by atoms with E-state index in [9.17, 15) is 4.79 Å².